The van der Waals surface area contributed by atoms with Crippen LogP contribution in [-0.2, 0) is 6.54 Å². The van der Waals surface area contributed by atoms with Gasteiger partial charge in [0, 0.05) is 23.3 Å². The summed E-state index contributed by atoms with van der Waals surface area (Å²) < 4.78 is 1.64. The third kappa shape index (κ3) is 2.56. The normalized spacial score (nSPS) is 12.4. The molecule has 0 bridgehead atoms. The smallest absolute Gasteiger partial charge is 0.274 e. The van der Waals surface area contributed by atoms with Gasteiger partial charge in [-0.15, -0.1) is 11.3 Å². The van der Waals surface area contributed by atoms with Crippen LogP contribution in [-0.4, -0.2) is 27.6 Å². The van der Waals surface area contributed by atoms with E-state index in [0.717, 1.165) is 0 Å². The van der Waals surface area contributed by atoms with Crippen molar-refractivity contribution in [2.45, 2.75) is 33.4 Å². The summed E-state index contributed by atoms with van der Waals surface area (Å²) in [5.74, 6) is -0.0968. The number of nitrogens with zero attached hydrogens (tertiary/aromatic N) is 3. The van der Waals surface area contributed by atoms with E-state index in [1.807, 2.05) is 13.8 Å². The molecule has 0 radical (unpaired) electrons. The summed E-state index contributed by atoms with van der Waals surface area (Å²) in [5, 5.41) is 4.12. The number of carbonyl (C=O) groups is 1. The molecule has 1 atom stereocenters. The van der Waals surface area contributed by atoms with Crippen LogP contribution in [0.2, 0.25) is 0 Å². The van der Waals surface area contributed by atoms with E-state index in [-0.39, 0.29) is 11.9 Å². The Labute approximate surface area is 123 Å². The Bertz CT molecular complexity index is 616. The molecule has 1 amide bonds. The topological polar surface area (TPSA) is 64.2 Å². The van der Waals surface area contributed by atoms with Gasteiger partial charge in [0.25, 0.3) is 5.91 Å². The van der Waals surface area contributed by atoms with Crippen LogP contribution < -0.4 is 5.73 Å². The number of aryl methyl sites for hydroxylation is 2. The van der Waals surface area contributed by atoms with Gasteiger partial charge in [-0.1, -0.05) is 0 Å². The van der Waals surface area contributed by atoms with Crippen molar-refractivity contribution in [1.29, 1.82) is 0 Å². The number of hydrogen-bond acceptors (Lipinski definition) is 4. The van der Waals surface area contributed by atoms with Crippen LogP contribution >= 0.6 is 11.3 Å². The van der Waals surface area contributed by atoms with Gasteiger partial charge in [0.2, 0.25) is 0 Å². The predicted octanol–water partition coefficient (Wildman–Crippen LogP) is 2.69. The first-order valence-corrected chi connectivity index (χ1v) is 7.42. The summed E-state index contributed by atoms with van der Waals surface area (Å²) >= 11 is 1.71. The number of hydrogen-bond donors (Lipinski definition) is 1. The second-order valence-electron chi connectivity index (χ2n) is 4.80. The highest BCUT2D eigenvalue weighted by Gasteiger charge is 2.24. The summed E-state index contributed by atoms with van der Waals surface area (Å²) in [6.07, 6.45) is 1.53. The summed E-state index contributed by atoms with van der Waals surface area (Å²) in [6, 6.07) is 4.15. The van der Waals surface area contributed by atoms with Gasteiger partial charge < -0.3 is 10.6 Å². The minimum atomic E-state index is -0.0968. The molecule has 6 heteroatoms. The van der Waals surface area contributed by atoms with Crippen molar-refractivity contribution in [3.8, 4) is 0 Å². The maximum Gasteiger partial charge on any atom is 0.274 e. The maximum atomic E-state index is 12.6. The molecule has 0 aliphatic rings. The van der Waals surface area contributed by atoms with Gasteiger partial charge in [0.1, 0.15) is 5.69 Å². The van der Waals surface area contributed by atoms with Crippen LogP contribution in [0, 0.1) is 6.92 Å². The van der Waals surface area contributed by atoms with Crippen molar-refractivity contribution in [3.05, 3.63) is 33.8 Å². The molecular weight excluding hydrogens is 272 g/mol. The van der Waals surface area contributed by atoms with Crippen molar-refractivity contribution in [2.75, 3.05) is 12.8 Å². The Morgan fingerprint density at radius 2 is 2.25 bits per heavy atom. The highest BCUT2D eigenvalue weighted by molar-refractivity contribution is 7.12. The van der Waals surface area contributed by atoms with Crippen LogP contribution in [0.4, 0.5) is 5.69 Å². The van der Waals surface area contributed by atoms with Crippen LogP contribution in [0.25, 0.3) is 0 Å². The van der Waals surface area contributed by atoms with E-state index < -0.39 is 0 Å². The molecule has 20 heavy (non-hydrogen) atoms. The first-order valence-electron chi connectivity index (χ1n) is 6.60. The summed E-state index contributed by atoms with van der Waals surface area (Å²) in [7, 11) is 1.80. The van der Waals surface area contributed by atoms with Crippen LogP contribution in [0.1, 0.15) is 40.1 Å². The number of carbonyl (C=O) groups excluding carboxylic acids is 1. The van der Waals surface area contributed by atoms with Gasteiger partial charge >= 0.3 is 0 Å². The average Bonchev–Trinajstić information content (AvgIpc) is 3.02. The molecule has 2 aromatic rings. The van der Waals surface area contributed by atoms with E-state index in [2.05, 4.69) is 24.2 Å². The molecule has 2 heterocycles. The number of nitrogens with two attached hydrogens (primary N) is 1. The average molecular weight is 292 g/mol. The maximum absolute atomic E-state index is 12.6. The minimum absolute atomic E-state index is 0.0146. The van der Waals surface area contributed by atoms with Crippen molar-refractivity contribution in [1.82, 2.24) is 14.7 Å². The molecular formula is C14H20N4OS. The van der Waals surface area contributed by atoms with Crippen molar-refractivity contribution < 1.29 is 4.79 Å². The highest BCUT2D eigenvalue weighted by Crippen LogP contribution is 2.28. The lowest BCUT2D eigenvalue weighted by Gasteiger charge is -2.24. The molecule has 0 aliphatic carbocycles. The number of thiophene rings is 1. The SMILES string of the molecule is CCn1ncc(N)c1C(=O)N(C)C(C)c1ccc(C)s1. The molecule has 2 aromatic heterocycles. The van der Waals surface area contributed by atoms with Crippen molar-refractivity contribution in [2.24, 2.45) is 0 Å². The first-order chi connectivity index (χ1) is 9.45. The Morgan fingerprint density at radius 1 is 1.55 bits per heavy atom. The molecule has 1 unspecified atom stereocenters. The quantitative estimate of drug-likeness (QED) is 0.942. The Hall–Kier alpha value is -1.82. The summed E-state index contributed by atoms with van der Waals surface area (Å²) in [6.45, 7) is 6.65. The summed E-state index contributed by atoms with van der Waals surface area (Å²) in [5.41, 5.74) is 6.77. The highest BCUT2D eigenvalue weighted by atomic mass is 32.1. The number of rotatable bonds is 4. The van der Waals surface area contributed by atoms with Gasteiger partial charge in [-0.3, -0.25) is 9.48 Å². The fourth-order valence-corrected chi connectivity index (χ4v) is 3.06. The number of amides is 1. The van der Waals surface area contributed by atoms with E-state index in [4.69, 9.17) is 5.73 Å². The largest absolute Gasteiger partial charge is 0.396 e. The molecule has 2 N–H and O–H groups in total. The van der Waals surface area contributed by atoms with Crippen LogP contribution in [0.3, 0.4) is 0 Å². The van der Waals surface area contributed by atoms with Gasteiger partial charge in [-0.2, -0.15) is 5.10 Å². The van der Waals surface area contributed by atoms with Crippen LogP contribution in [0.5, 0.6) is 0 Å². The van der Waals surface area contributed by atoms with Gasteiger partial charge in [-0.25, -0.2) is 0 Å². The van der Waals surface area contributed by atoms with Gasteiger partial charge in [0.05, 0.1) is 17.9 Å². The minimum Gasteiger partial charge on any atom is -0.396 e. The van der Waals surface area contributed by atoms with E-state index in [1.165, 1.54) is 16.0 Å². The van der Waals surface area contributed by atoms with E-state index >= 15 is 0 Å². The fourth-order valence-electron chi connectivity index (χ4n) is 2.09. The molecule has 0 saturated carbocycles. The van der Waals surface area contributed by atoms with Gasteiger partial charge in [-0.05, 0) is 32.9 Å². The van der Waals surface area contributed by atoms with Crippen molar-refractivity contribution in [3.63, 3.8) is 0 Å². The van der Waals surface area contributed by atoms with E-state index in [0.29, 0.717) is 17.9 Å². The lowest BCUT2D eigenvalue weighted by atomic mass is 10.2. The third-order valence-corrected chi connectivity index (χ3v) is 4.62. The standard InChI is InChI=1S/C14H20N4OS/c1-5-18-13(11(15)8-16-18)14(19)17(4)10(3)12-7-6-9(2)20-12/h6-8,10H,5,15H2,1-4H3. The third-order valence-electron chi connectivity index (χ3n) is 3.44. The molecule has 0 spiro atoms. The first kappa shape index (κ1) is 14.6. The fraction of sp³-hybridized carbons (Fsp3) is 0.429. The zero-order chi connectivity index (χ0) is 14.9. The number of aromatic nitrogens is 2. The molecule has 0 aliphatic heterocycles. The molecule has 0 fully saturated rings. The Balaban J connectivity index is 2.26. The molecule has 0 aromatic carbocycles. The molecule has 108 valence electrons. The molecule has 5 nitrogen and oxygen atoms in total. The summed E-state index contributed by atoms with van der Waals surface area (Å²) in [4.78, 5) is 16.7. The number of nitrogen functional groups attached to an aromatic ring is 1. The van der Waals surface area contributed by atoms with Crippen molar-refractivity contribution >= 4 is 22.9 Å². The molecule has 2 rings (SSSR count). The van der Waals surface area contributed by atoms with Crippen LogP contribution in [0.15, 0.2) is 18.3 Å². The lowest BCUT2D eigenvalue weighted by molar-refractivity contribution is 0.0733. The second kappa shape index (κ2) is 5.66. The molecule has 0 saturated heterocycles. The van der Waals surface area contributed by atoms with Gasteiger partial charge in [0.15, 0.2) is 0 Å². The Morgan fingerprint density at radius 3 is 2.80 bits per heavy atom. The van der Waals surface area contributed by atoms with E-state index in [1.54, 1.807) is 28.0 Å². The predicted molar refractivity (Wildman–Crippen MR) is 81.9 cm³/mol. The lowest BCUT2D eigenvalue weighted by Crippen LogP contribution is -2.31. The second-order valence-corrected chi connectivity index (χ2v) is 6.12. The Kier molecular flexibility index (Phi) is 4.13. The zero-order valence-corrected chi connectivity index (χ0v) is 13.1. The van der Waals surface area contributed by atoms with E-state index in [9.17, 15) is 4.79 Å². The zero-order valence-electron chi connectivity index (χ0n) is 12.3. The monoisotopic (exact) mass is 292 g/mol. The number of anilines is 1.